The highest BCUT2D eigenvalue weighted by Gasteiger charge is 2.16. The number of carbonyl (C=O) groups is 1. The second kappa shape index (κ2) is 5.74. The van der Waals surface area contributed by atoms with Gasteiger partial charge in [0.05, 0.1) is 11.5 Å². The van der Waals surface area contributed by atoms with Crippen molar-refractivity contribution in [2.24, 2.45) is 0 Å². The van der Waals surface area contributed by atoms with Crippen LogP contribution in [-0.4, -0.2) is 33.5 Å². The molecule has 1 N–H and O–H groups in total. The summed E-state index contributed by atoms with van der Waals surface area (Å²) in [5.74, 6) is -0.898. The number of hydrogen-bond acceptors (Lipinski definition) is 5. The highest BCUT2D eigenvalue weighted by atomic mass is 32.1. The molecule has 1 aromatic rings. The molecule has 6 nitrogen and oxygen atoms in total. The molecule has 0 atom stereocenters. The Hall–Kier alpha value is -1.47. The van der Waals surface area contributed by atoms with Crippen LogP contribution in [0.2, 0.25) is 0 Å². The van der Waals surface area contributed by atoms with Gasteiger partial charge < -0.3 is 5.11 Å². The van der Waals surface area contributed by atoms with E-state index in [1.807, 2.05) is 13.8 Å². The quantitative estimate of drug-likeness (QED) is 0.622. The Balaban J connectivity index is 2.71. The summed E-state index contributed by atoms with van der Waals surface area (Å²) < 4.78 is 0. The van der Waals surface area contributed by atoms with E-state index in [-0.39, 0.29) is 17.6 Å². The van der Waals surface area contributed by atoms with Gasteiger partial charge >= 0.3 is 11.0 Å². The first-order valence-corrected chi connectivity index (χ1v) is 5.90. The SMILES string of the molecule is CC(C)N(CC(=O)O)Cc1ccc([N+](=O)[O-])s1. The van der Waals surface area contributed by atoms with Gasteiger partial charge in [-0.2, -0.15) is 0 Å². The van der Waals surface area contributed by atoms with E-state index in [0.717, 1.165) is 16.2 Å². The molecule has 0 bridgehead atoms. The summed E-state index contributed by atoms with van der Waals surface area (Å²) in [5.41, 5.74) is 0. The minimum Gasteiger partial charge on any atom is -0.480 e. The first kappa shape index (κ1) is 13.6. The minimum absolute atomic E-state index is 0.0661. The van der Waals surface area contributed by atoms with Crippen molar-refractivity contribution in [2.75, 3.05) is 6.54 Å². The number of nitrogens with zero attached hydrogens (tertiary/aromatic N) is 2. The number of thiophene rings is 1. The van der Waals surface area contributed by atoms with Crippen molar-refractivity contribution in [1.82, 2.24) is 4.90 Å². The largest absolute Gasteiger partial charge is 0.480 e. The third kappa shape index (κ3) is 4.12. The second-order valence-electron chi connectivity index (χ2n) is 3.89. The van der Waals surface area contributed by atoms with E-state index in [1.165, 1.54) is 6.07 Å². The van der Waals surface area contributed by atoms with Crippen molar-refractivity contribution in [1.29, 1.82) is 0 Å². The third-order valence-corrected chi connectivity index (χ3v) is 3.28. The molecular formula is C10H14N2O4S. The Bertz CT molecular complexity index is 416. The zero-order valence-electron chi connectivity index (χ0n) is 9.62. The van der Waals surface area contributed by atoms with Crippen molar-refractivity contribution in [3.05, 3.63) is 27.1 Å². The lowest BCUT2D eigenvalue weighted by molar-refractivity contribution is -0.380. The second-order valence-corrected chi connectivity index (χ2v) is 5.04. The summed E-state index contributed by atoms with van der Waals surface area (Å²) in [7, 11) is 0. The molecule has 0 aliphatic heterocycles. The Morgan fingerprint density at radius 3 is 2.65 bits per heavy atom. The lowest BCUT2D eigenvalue weighted by atomic mass is 10.3. The maximum atomic E-state index is 10.7. The number of carboxylic acid groups (broad SMARTS) is 1. The Labute approximate surface area is 103 Å². The summed E-state index contributed by atoms with van der Waals surface area (Å²) >= 11 is 1.08. The molecule has 0 unspecified atom stereocenters. The number of nitro groups is 1. The molecule has 0 saturated carbocycles. The number of carboxylic acids is 1. The summed E-state index contributed by atoms with van der Waals surface area (Å²) in [4.78, 5) is 23.3. The van der Waals surface area contributed by atoms with Crippen molar-refractivity contribution in [3.8, 4) is 0 Å². The third-order valence-electron chi connectivity index (χ3n) is 2.25. The molecule has 0 aliphatic carbocycles. The van der Waals surface area contributed by atoms with Crippen molar-refractivity contribution < 1.29 is 14.8 Å². The van der Waals surface area contributed by atoms with E-state index >= 15 is 0 Å². The van der Waals surface area contributed by atoms with Crippen molar-refractivity contribution in [2.45, 2.75) is 26.4 Å². The maximum Gasteiger partial charge on any atom is 0.324 e. The van der Waals surface area contributed by atoms with Gasteiger partial charge in [0.2, 0.25) is 0 Å². The molecule has 0 fully saturated rings. The average molecular weight is 258 g/mol. The molecule has 0 radical (unpaired) electrons. The topological polar surface area (TPSA) is 83.7 Å². The molecule has 1 rings (SSSR count). The van der Waals surface area contributed by atoms with E-state index < -0.39 is 10.9 Å². The lowest BCUT2D eigenvalue weighted by Crippen LogP contribution is -2.34. The Morgan fingerprint density at radius 2 is 2.24 bits per heavy atom. The molecule has 0 spiro atoms. The number of aliphatic carboxylic acids is 1. The van der Waals surface area contributed by atoms with Crippen LogP contribution in [0.4, 0.5) is 5.00 Å². The predicted octanol–water partition coefficient (Wildman–Crippen LogP) is 1.95. The van der Waals surface area contributed by atoms with E-state index in [1.54, 1.807) is 11.0 Å². The van der Waals surface area contributed by atoms with Gasteiger partial charge in [0.25, 0.3) is 0 Å². The van der Waals surface area contributed by atoms with Crippen LogP contribution < -0.4 is 0 Å². The van der Waals surface area contributed by atoms with Gasteiger partial charge in [0, 0.05) is 23.5 Å². The van der Waals surface area contributed by atoms with Crippen LogP contribution in [0.1, 0.15) is 18.7 Å². The molecule has 0 amide bonds. The van der Waals surface area contributed by atoms with Gasteiger partial charge in [0.1, 0.15) is 0 Å². The number of hydrogen-bond donors (Lipinski definition) is 1. The van der Waals surface area contributed by atoms with Gasteiger partial charge in [0.15, 0.2) is 0 Å². The van der Waals surface area contributed by atoms with E-state index in [9.17, 15) is 14.9 Å². The molecule has 94 valence electrons. The van der Waals surface area contributed by atoms with Crippen LogP contribution in [0.3, 0.4) is 0 Å². The fraction of sp³-hybridized carbons (Fsp3) is 0.500. The maximum absolute atomic E-state index is 10.7. The van der Waals surface area contributed by atoms with Crippen LogP contribution in [0.25, 0.3) is 0 Å². The fourth-order valence-electron chi connectivity index (χ4n) is 1.34. The highest BCUT2D eigenvalue weighted by molar-refractivity contribution is 7.15. The standard InChI is InChI=1S/C10H14N2O4S/c1-7(2)11(6-10(13)14)5-8-3-4-9(17-8)12(15)16/h3-4,7H,5-6H2,1-2H3,(H,13,14). The number of rotatable bonds is 6. The van der Waals surface area contributed by atoms with Gasteiger partial charge in [-0.25, -0.2) is 0 Å². The lowest BCUT2D eigenvalue weighted by Gasteiger charge is -2.23. The molecule has 17 heavy (non-hydrogen) atoms. The van der Waals surface area contributed by atoms with Crippen LogP contribution in [0.5, 0.6) is 0 Å². The highest BCUT2D eigenvalue weighted by Crippen LogP contribution is 2.25. The summed E-state index contributed by atoms with van der Waals surface area (Å²) in [6.45, 7) is 4.14. The van der Waals surface area contributed by atoms with Gasteiger partial charge in [-0.05, 0) is 19.9 Å². The zero-order valence-corrected chi connectivity index (χ0v) is 10.4. The summed E-state index contributed by atoms with van der Waals surface area (Å²) in [6.07, 6.45) is 0. The molecule has 0 aromatic carbocycles. The first-order chi connectivity index (χ1) is 7.90. The van der Waals surface area contributed by atoms with Gasteiger partial charge in [-0.3, -0.25) is 19.8 Å². The minimum atomic E-state index is -0.898. The van der Waals surface area contributed by atoms with Crippen LogP contribution >= 0.6 is 11.3 Å². The first-order valence-electron chi connectivity index (χ1n) is 5.09. The van der Waals surface area contributed by atoms with E-state index in [0.29, 0.717) is 6.54 Å². The molecule has 1 aromatic heterocycles. The predicted molar refractivity (Wildman–Crippen MR) is 64.2 cm³/mol. The van der Waals surface area contributed by atoms with E-state index in [4.69, 9.17) is 5.11 Å². The molecule has 1 heterocycles. The Kier molecular flexibility index (Phi) is 4.59. The molecular weight excluding hydrogens is 244 g/mol. The van der Waals surface area contributed by atoms with E-state index in [2.05, 4.69) is 0 Å². The Morgan fingerprint density at radius 1 is 1.59 bits per heavy atom. The van der Waals surface area contributed by atoms with Crippen LogP contribution in [0, 0.1) is 10.1 Å². The van der Waals surface area contributed by atoms with Crippen LogP contribution in [0.15, 0.2) is 12.1 Å². The van der Waals surface area contributed by atoms with Crippen molar-refractivity contribution >= 4 is 22.3 Å². The van der Waals surface area contributed by atoms with Crippen molar-refractivity contribution in [3.63, 3.8) is 0 Å². The monoisotopic (exact) mass is 258 g/mol. The molecule has 7 heteroatoms. The fourth-order valence-corrected chi connectivity index (χ4v) is 2.19. The zero-order chi connectivity index (χ0) is 13.0. The molecule has 0 saturated heterocycles. The average Bonchev–Trinajstić information content (AvgIpc) is 2.64. The normalized spacial score (nSPS) is 11.1. The smallest absolute Gasteiger partial charge is 0.324 e. The van der Waals surface area contributed by atoms with Gasteiger partial charge in [-0.15, -0.1) is 0 Å². The molecule has 0 aliphatic rings. The van der Waals surface area contributed by atoms with Gasteiger partial charge in [-0.1, -0.05) is 11.3 Å². The summed E-state index contributed by atoms with van der Waals surface area (Å²) in [5, 5.41) is 19.4. The van der Waals surface area contributed by atoms with Crippen LogP contribution in [-0.2, 0) is 11.3 Å². The summed E-state index contributed by atoms with van der Waals surface area (Å²) in [6, 6.07) is 3.19.